The third-order valence-electron chi connectivity index (χ3n) is 3.82. The molecule has 0 N–H and O–H groups in total. The molecule has 1 heterocycles. The molecule has 0 saturated carbocycles. The smallest absolute Gasteiger partial charge is 0.410 e. The van der Waals surface area contributed by atoms with Crippen molar-refractivity contribution >= 4 is 12.0 Å². The van der Waals surface area contributed by atoms with E-state index in [-0.39, 0.29) is 24.3 Å². The van der Waals surface area contributed by atoms with Crippen LogP contribution in [0.15, 0.2) is 0 Å². The van der Waals surface area contributed by atoms with Gasteiger partial charge in [0.25, 0.3) is 6.43 Å². The van der Waals surface area contributed by atoms with E-state index < -0.39 is 24.7 Å². The molecule has 2 atom stereocenters. The fourth-order valence-electron chi connectivity index (χ4n) is 2.70. The molecule has 1 rings (SSSR count). The first kappa shape index (κ1) is 19.6. The van der Waals surface area contributed by atoms with Gasteiger partial charge in [-0.15, -0.1) is 0 Å². The van der Waals surface area contributed by atoms with Crippen LogP contribution in [0.1, 0.15) is 41.0 Å². The maximum atomic E-state index is 12.5. The van der Waals surface area contributed by atoms with E-state index in [4.69, 9.17) is 4.74 Å². The van der Waals surface area contributed by atoms with Crippen LogP contribution in [0.5, 0.6) is 0 Å². The Bertz CT molecular complexity index is 424. The molecule has 1 saturated heterocycles. The minimum absolute atomic E-state index is 0.152. The highest BCUT2D eigenvalue weighted by atomic mass is 19.3. The molecular formula is C16H28F2N2O3. The summed E-state index contributed by atoms with van der Waals surface area (Å²) in [6, 6.07) is 0. The summed E-state index contributed by atoms with van der Waals surface area (Å²) in [5.74, 6) is -0.785. The zero-order chi connectivity index (χ0) is 17.8. The van der Waals surface area contributed by atoms with E-state index in [9.17, 15) is 18.4 Å². The first-order valence-corrected chi connectivity index (χ1v) is 8.10. The molecule has 1 fully saturated rings. The molecular weight excluding hydrogens is 306 g/mol. The van der Waals surface area contributed by atoms with Crippen LogP contribution < -0.4 is 0 Å². The van der Waals surface area contributed by atoms with Crippen molar-refractivity contribution in [2.45, 2.75) is 53.1 Å². The second-order valence-electron chi connectivity index (χ2n) is 7.11. The standard InChI is InChI=1S/C16H28F2N2O3/c1-6-7-19(15(22)23-16(3,4)5)8-12-9-20(10-13(17)18)14(21)11(12)2/h11-13H,6-10H2,1-5H3/t11?,12-/m0/s1. The van der Waals surface area contributed by atoms with Crippen molar-refractivity contribution in [1.29, 1.82) is 0 Å². The van der Waals surface area contributed by atoms with Crippen LogP contribution in [-0.4, -0.2) is 60.0 Å². The van der Waals surface area contributed by atoms with Crippen LogP contribution in [0.2, 0.25) is 0 Å². The minimum Gasteiger partial charge on any atom is -0.444 e. The van der Waals surface area contributed by atoms with Crippen LogP contribution in [0.3, 0.4) is 0 Å². The maximum Gasteiger partial charge on any atom is 0.410 e. The number of nitrogens with zero attached hydrogens (tertiary/aromatic N) is 2. The summed E-state index contributed by atoms with van der Waals surface area (Å²) in [6.45, 7) is 9.63. The topological polar surface area (TPSA) is 49.9 Å². The van der Waals surface area contributed by atoms with Gasteiger partial charge >= 0.3 is 6.09 Å². The predicted molar refractivity (Wildman–Crippen MR) is 83.3 cm³/mol. The van der Waals surface area contributed by atoms with E-state index in [0.717, 1.165) is 6.42 Å². The maximum absolute atomic E-state index is 12.5. The van der Waals surface area contributed by atoms with Gasteiger partial charge in [-0.2, -0.15) is 0 Å². The summed E-state index contributed by atoms with van der Waals surface area (Å²) in [5.41, 5.74) is -0.595. The van der Waals surface area contributed by atoms with Crippen LogP contribution >= 0.6 is 0 Å². The third-order valence-corrected chi connectivity index (χ3v) is 3.82. The lowest BCUT2D eigenvalue weighted by Gasteiger charge is -2.29. The molecule has 0 aromatic rings. The molecule has 23 heavy (non-hydrogen) atoms. The molecule has 1 aliphatic rings. The van der Waals surface area contributed by atoms with Gasteiger partial charge in [0.05, 0.1) is 6.54 Å². The Morgan fingerprint density at radius 1 is 1.43 bits per heavy atom. The second kappa shape index (κ2) is 7.93. The Hall–Kier alpha value is -1.40. The van der Waals surface area contributed by atoms with E-state index in [0.29, 0.717) is 13.1 Å². The van der Waals surface area contributed by atoms with Gasteiger partial charge in [0.2, 0.25) is 5.91 Å². The lowest BCUT2D eigenvalue weighted by atomic mass is 9.97. The highest BCUT2D eigenvalue weighted by molar-refractivity contribution is 5.81. The van der Waals surface area contributed by atoms with E-state index in [1.807, 2.05) is 6.92 Å². The van der Waals surface area contributed by atoms with Gasteiger partial charge in [-0.3, -0.25) is 4.79 Å². The Morgan fingerprint density at radius 2 is 2.04 bits per heavy atom. The summed E-state index contributed by atoms with van der Waals surface area (Å²) < 4.78 is 30.5. The Labute approximate surface area is 136 Å². The number of halogens is 2. The normalized spacial score (nSPS) is 21.9. The summed E-state index contributed by atoms with van der Waals surface area (Å²) in [7, 11) is 0. The monoisotopic (exact) mass is 334 g/mol. The molecule has 5 nitrogen and oxygen atoms in total. The zero-order valence-electron chi connectivity index (χ0n) is 14.6. The lowest BCUT2D eigenvalue weighted by molar-refractivity contribution is -0.132. The molecule has 0 bridgehead atoms. The fourth-order valence-corrected chi connectivity index (χ4v) is 2.70. The number of hydrogen-bond donors (Lipinski definition) is 0. The number of hydrogen-bond acceptors (Lipinski definition) is 3. The molecule has 0 radical (unpaired) electrons. The number of carbonyl (C=O) groups is 2. The van der Waals surface area contributed by atoms with Gasteiger partial charge in [0, 0.05) is 31.5 Å². The average molecular weight is 334 g/mol. The summed E-state index contributed by atoms with van der Waals surface area (Å²) >= 11 is 0. The van der Waals surface area contributed by atoms with Gasteiger partial charge in [0.15, 0.2) is 0 Å². The SMILES string of the molecule is CCCN(C[C@H]1CN(CC(F)F)C(=O)C1C)C(=O)OC(C)(C)C. The molecule has 0 aromatic carbocycles. The molecule has 0 aliphatic carbocycles. The van der Waals surface area contributed by atoms with E-state index in [1.54, 1.807) is 32.6 Å². The van der Waals surface area contributed by atoms with Crippen molar-refractivity contribution in [3.05, 3.63) is 0 Å². The highest BCUT2D eigenvalue weighted by Crippen LogP contribution is 2.26. The van der Waals surface area contributed by atoms with Crippen molar-refractivity contribution in [3.63, 3.8) is 0 Å². The molecule has 2 amide bonds. The van der Waals surface area contributed by atoms with Crippen molar-refractivity contribution in [2.24, 2.45) is 11.8 Å². The Balaban J connectivity index is 2.72. The number of carbonyl (C=O) groups excluding carboxylic acids is 2. The van der Waals surface area contributed by atoms with Gasteiger partial charge in [-0.05, 0) is 27.2 Å². The first-order valence-electron chi connectivity index (χ1n) is 8.10. The fraction of sp³-hybridized carbons (Fsp3) is 0.875. The van der Waals surface area contributed by atoms with Crippen molar-refractivity contribution < 1.29 is 23.1 Å². The van der Waals surface area contributed by atoms with Gasteiger partial charge < -0.3 is 14.5 Å². The number of alkyl halides is 2. The predicted octanol–water partition coefficient (Wildman–Crippen LogP) is 2.99. The van der Waals surface area contributed by atoms with E-state index in [1.165, 1.54) is 4.90 Å². The minimum atomic E-state index is -2.54. The molecule has 7 heteroatoms. The zero-order valence-corrected chi connectivity index (χ0v) is 14.6. The van der Waals surface area contributed by atoms with Crippen molar-refractivity contribution in [2.75, 3.05) is 26.2 Å². The van der Waals surface area contributed by atoms with Gasteiger partial charge in [-0.1, -0.05) is 13.8 Å². The largest absolute Gasteiger partial charge is 0.444 e. The van der Waals surface area contributed by atoms with Gasteiger partial charge in [0.1, 0.15) is 5.60 Å². The molecule has 1 aliphatic heterocycles. The van der Waals surface area contributed by atoms with Crippen molar-refractivity contribution in [3.8, 4) is 0 Å². The summed E-state index contributed by atoms with van der Waals surface area (Å²) in [6.07, 6.45) is -2.21. The first-order chi connectivity index (χ1) is 10.5. The molecule has 1 unspecified atom stereocenters. The second-order valence-corrected chi connectivity index (χ2v) is 7.11. The number of rotatable bonds is 6. The molecule has 0 aromatic heterocycles. The van der Waals surface area contributed by atoms with Crippen LogP contribution in [0, 0.1) is 11.8 Å². The molecule has 134 valence electrons. The van der Waals surface area contributed by atoms with E-state index >= 15 is 0 Å². The Morgan fingerprint density at radius 3 is 2.52 bits per heavy atom. The summed E-state index contributed by atoms with van der Waals surface area (Å²) in [5, 5.41) is 0. The number of ether oxygens (including phenoxy) is 1. The molecule has 0 spiro atoms. The quantitative estimate of drug-likeness (QED) is 0.750. The lowest BCUT2D eigenvalue weighted by Crippen LogP contribution is -2.41. The number of likely N-dealkylation sites (tertiary alicyclic amines) is 1. The number of amides is 2. The van der Waals surface area contributed by atoms with Crippen LogP contribution in [0.25, 0.3) is 0 Å². The van der Waals surface area contributed by atoms with Crippen LogP contribution in [-0.2, 0) is 9.53 Å². The Kier molecular flexibility index (Phi) is 6.77. The van der Waals surface area contributed by atoms with E-state index in [2.05, 4.69) is 0 Å². The van der Waals surface area contributed by atoms with Crippen LogP contribution in [0.4, 0.5) is 13.6 Å². The average Bonchev–Trinajstić information content (AvgIpc) is 2.64. The third kappa shape index (κ3) is 5.95. The van der Waals surface area contributed by atoms with Crippen molar-refractivity contribution in [1.82, 2.24) is 9.80 Å². The highest BCUT2D eigenvalue weighted by Gasteiger charge is 2.39. The van der Waals surface area contributed by atoms with Gasteiger partial charge in [-0.25, -0.2) is 13.6 Å². The summed E-state index contributed by atoms with van der Waals surface area (Å²) in [4.78, 5) is 27.1.